The lowest BCUT2D eigenvalue weighted by Gasteiger charge is -2.06. The molecule has 0 unspecified atom stereocenters. The summed E-state index contributed by atoms with van der Waals surface area (Å²) in [5.41, 5.74) is 2.14. The normalized spacial score (nSPS) is 12.9. The lowest BCUT2D eigenvalue weighted by Crippen LogP contribution is -2.02. The third kappa shape index (κ3) is 1.86. The molecule has 2 aromatic rings. The Balaban J connectivity index is 2.39. The van der Waals surface area contributed by atoms with Gasteiger partial charge in [0.15, 0.2) is 0 Å². The predicted molar refractivity (Wildman–Crippen MR) is 59.0 cm³/mol. The number of aromatic nitrogens is 1. The molecule has 2 N–H and O–H groups in total. The molecule has 1 heterocycles. The first-order chi connectivity index (χ1) is 7.18. The summed E-state index contributed by atoms with van der Waals surface area (Å²) in [5, 5.41) is 9.86. The van der Waals surface area contributed by atoms with Crippen molar-refractivity contribution >= 4 is 16.9 Å². The van der Waals surface area contributed by atoms with E-state index in [0.717, 1.165) is 16.5 Å². The molecule has 78 valence electrons. The Labute approximate surface area is 87.7 Å². The van der Waals surface area contributed by atoms with E-state index >= 15 is 0 Å². The Morgan fingerprint density at radius 2 is 2.20 bits per heavy atom. The van der Waals surface area contributed by atoms with Gasteiger partial charge >= 0.3 is 5.97 Å². The van der Waals surface area contributed by atoms with E-state index in [2.05, 4.69) is 4.98 Å². The zero-order chi connectivity index (χ0) is 10.8. The van der Waals surface area contributed by atoms with Gasteiger partial charge in [-0.15, -0.1) is 0 Å². The van der Waals surface area contributed by atoms with Crippen LogP contribution in [0.25, 0.3) is 10.9 Å². The Bertz CT molecular complexity index is 487. The third-order valence-electron chi connectivity index (χ3n) is 2.63. The van der Waals surface area contributed by atoms with E-state index in [1.807, 2.05) is 37.4 Å². The highest BCUT2D eigenvalue weighted by molar-refractivity contribution is 5.84. The van der Waals surface area contributed by atoms with Crippen molar-refractivity contribution in [3.8, 4) is 0 Å². The maximum Gasteiger partial charge on any atom is 0.303 e. The van der Waals surface area contributed by atoms with E-state index in [-0.39, 0.29) is 12.3 Å². The number of carbonyl (C=O) groups is 1. The van der Waals surface area contributed by atoms with Crippen molar-refractivity contribution in [1.82, 2.24) is 4.98 Å². The third-order valence-corrected chi connectivity index (χ3v) is 2.63. The first-order valence-electron chi connectivity index (χ1n) is 4.96. The second kappa shape index (κ2) is 3.77. The van der Waals surface area contributed by atoms with Gasteiger partial charge in [0.25, 0.3) is 0 Å². The number of H-pyrrole nitrogens is 1. The van der Waals surface area contributed by atoms with E-state index in [4.69, 9.17) is 5.11 Å². The van der Waals surface area contributed by atoms with Gasteiger partial charge in [0.1, 0.15) is 0 Å². The number of nitrogens with one attached hydrogen (secondary N) is 1. The van der Waals surface area contributed by atoms with Crippen LogP contribution in [0.1, 0.15) is 24.8 Å². The summed E-state index contributed by atoms with van der Waals surface area (Å²) in [6, 6.07) is 7.93. The smallest absolute Gasteiger partial charge is 0.303 e. The molecule has 15 heavy (non-hydrogen) atoms. The molecule has 0 fully saturated rings. The molecule has 0 radical (unpaired) electrons. The fourth-order valence-corrected chi connectivity index (χ4v) is 1.87. The van der Waals surface area contributed by atoms with Crippen LogP contribution in [-0.2, 0) is 4.79 Å². The van der Waals surface area contributed by atoms with E-state index in [9.17, 15) is 4.79 Å². The molecule has 0 aliphatic carbocycles. The van der Waals surface area contributed by atoms with Crippen LogP contribution < -0.4 is 0 Å². The number of para-hydroxylation sites is 1. The molecular weight excluding hydrogens is 190 g/mol. The van der Waals surface area contributed by atoms with Crippen molar-refractivity contribution in [2.24, 2.45) is 0 Å². The van der Waals surface area contributed by atoms with Crippen LogP contribution in [0.5, 0.6) is 0 Å². The van der Waals surface area contributed by atoms with Crippen LogP contribution in [-0.4, -0.2) is 16.1 Å². The highest BCUT2D eigenvalue weighted by atomic mass is 16.4. The van der Waals surface area contributed by atoms with Gasteiger partial charge in [-0.05, 0) is 17.5 Å². The molecule has 0 saturated carbocycles. The number of hydrogen-bond acceptors (Lipinski definition) is 1. The molecule has 0 aliphatic heterocycles. The number of rotatable bonds is 3. The molecule has 2 rings (SSSR count). The average Bonchev–Trinajstić information content (AvgIpc) is 2.59. The molecule has 3 nitrogen and oxygen atoms in total. The highest BCUT2D eigenvalue weighted by Crippen LogP contribution is 2.27. The molecule has 1 aromatic carbocycles. The monoisotopic (exact) mass is 203 g/mol. The molecular formula is C12H13NO2. The second-order valence-corrected chi connectivity index (χ2v) is 3.79. The maximum absolute atomic E-state index is 10.6. The van der Waals surface area contributed by atoms with E-state index in [1.165, 1.54) is 0 Å². The van der Waals surface area contributed by atoms with Gasteiger partial charge in [-0.1, -0.05) is 25.1 Å². The SMILES string of the molecule is C[C@@H](CC(=O)O)c1c[nH]c2ccccc12. The Hall–Kier alpha value is -1.77. The minimum Gasteiger partial charge on any atom is -0.481 e. The molecule has 0 spiro atoms. The summed E-state index contributed by atoms with van der Waals surface area (Å²) < 4.78 is 0. The fraction of sp³-hybridized carbons (Fsp3) is 0.250. The van der Waals surface area contributed by atoms with Crippen molar-refractivity contribution in [3.63, 3.8) is 0 Å². The van der Waals surface area contributed by atoms with E-state index in [1.54, 1.807) is 0 Å². The first kappa shape index (κ1) is 9.77. The fourth-order valence-electron chi connectivity index (χ4n) is 1.87. The van der Waals surface area contributed by atoms with E-state index < -0.39 is 5.97 Å². The van der Waals surface area contributed by atoms with Gasteiger partial charge in [0.2, 0.25) is 0 Å². The Morgan fingerprint density at radius 1 is 1.47 bits per heavy atom. The highest BCUT2D eigenvalue weighted by Gasteiger charge is 2.13. The largest absolute Gasteiger partial charge is 0.481 e. The number of carboxylic acids is 1. The van der Waals surface area contributed by atoms with Gasteiger partial charge in [-0.25, -0.2) is 0 Å². The number of carboxylic acid groups (broad SMARTS) is 1. The summed E-state index contributed by atoms with van der Waals surface area (Å²) in [5.74, 6) is -0.716. The van der Waals surface area contributed by atoms with Crippen LogP contribution in [0, 0.1) is 0 Å². The Morgan fingerprint density at radius 3 is 2.93 bits per heavy atom. The van der Waals surface area contributed by atoms with Crippen LogP contribution in [0.15, 0.2) is 30.5 Å². The number of fused-ring (bicyclic) bond motifs is 1. The number of aromatic amines is 1. The van der Waals surface area contributed by atoms with Crippen molar-refractivity contribution in [2.45, 2.75) is 19.3 Å². The molecule has 0 saturated heterocycles. The van der Waals surface area contributed by atoms with Crippen molar-refractivity contribution in [3.05, 3.63) is 36.0 Å². The second-order valence-electron chi connectivity index (χ2n) is 3.79. The van der Waals surface area contributed by atoms with E-state index in [0.29, 0.717) is 0 Å². The molecule has 0 amide bonds. The van der Waals surface area contributed by atoms with Crippen molar-refractivity contribution in [2.75, 3.05) is 0 Å². The predicted octanol–water partition coefficient (Wildman–Crippen LogP) is 2.75. The van der Waals surface area contributed by atoms with Crippen LogP contribution >= 0.6 is 0 Å². The zero-order valence-corrected chi connectivity index (χ0v) is 8.53. The quantitative estimate of drug-likeness (QED) is 0.805. The number of hydrogen-bond donors (Lipinski definition) is 2. The van der Waals surface area contributed by atoms with Gasteiger partial charge in [-0.2, -0.15) is 0 Å². The van der Waals surface area contributed by atoms with Crippen LogP contribution in [0.3, 0.4) is 0 Å². The standard InChI is InChI=1S/C12H13NO2/c1-8(6-12(14)15)10-7-13-11-5-3-2-4-9(10)11/h2-5,7-8,13H,6H2,1H3,(H,14,15)/t8-/m0/s1. The minimum atomic E-state index is -0.757. The number of aliphatic carboxylic acids is 1. The number of benzene rings is 1. The summed E-state index contributed by atoms with van der Waals surface area (Å²) >= 11 is 0. The minimum absolute atomic E-state index is 0.0404. The molecule has 0 bridgehead atoms. The Kier molecular flexibility index (Phi) is 2.46. The van der Waals surface area contributed by atoms with Crippen LogP contribution in [0.2, 0.25) is 0 Å². The molecule has 1 atom stereocenters. The molecule has 1 aromatic heterocycles. The van der Waals surface area contributed by atoms with Gasteiger partial charge < -0.3 is 10.1 Å². The van der Waals surface area contributed by atoms with Crippen LogP contribution in [0.4, 0.5) is 0 Å². The average molecular weight is 203 g/mol. The van der Waals surface area contributed by atoms with Crippen molar-refractivity contribution in [1.29, 1.82) is 0 Å². The lowest BCUT2D eigenvalue weighted by atomic mass is 9.97. The summed E-state index contributed by atoms with van der Waals surface area (Å²) in [7, 11) is 0. The van der Waals surface area contributed by atoms with Gasteiger partial charge in [0, 0.05) is 17.1 Å². The van der Waals surface area contributed by atoms with Gasteiger partial charge in [0.05, 0.1) is 6.42 Å². The summed E-state index contributed by atoms with van der Waals surface area (Å²) in [6.07, 6.45) is 2.07. The lowest BCUT2D eigenvalue weighted by molar-refractivity contribution is -0.137. The van der Waals surface area contributed by atoms with Gasteiger partial charge in [-0.3, -0.25) is 4.79 Å². The summed E-state index contributed by atoms with van der Waals surface area (Å²) in [6.45, 7) is 1.93. The zero-order valence-electron chi connectivity index (χ0n) is 8.53. The van der Waals surface area contributed by atoms with Crippen molar-refractivity contribution < 1.29 is 9.90 Å². The molecule has 0 aliphatic rings. The maximum atomic E-state index is 10.6. The summed E-state index contributed by atoms with van der Waals surface area (Å²) in [4.78, 5) is 13.8. The first-order valence-corrected chi connectivity index (χ1v) is 4.96. The topological polar surface area (TPSA) is 53.1 Å². The molecule has 3 heteroatoms.